The van der Waals surface area contributed by atoms with E-state index in [9.17, 15) is 14.4 Å². The number of carboxylic acid groups (broad SMARTS) is 1. The molecule has 1 N–H and O–H groups in total. The molecular formula is C13H18N2O4. The summed E-state index contributed by atoms with van der Waals surface area (Å²) in [4.78, 5) is 35.3. The van der Waals surface area contributed by atoms with E-state index in [2.05, 4.69) is 0 Å². The largest absolute Gasteiger partial charge is 0.481 e. The van der Waals surface area contributed by atoms with Crippen molar-refractivity contribution in [2.45, 2.75) is 26.3 Å². The van der Waals surface area contributed by atoms with Crippen LogP contribution in [0.1, 0.15) is 19.8 Å². The van der Waals surface area contributed by atoms with Gasteiger partial charge in [-0.15, -0.1) is 0 Å². The van der Waals surface area contributed by atoms with Gasteiger partial charge in [-0.05, 0) is 13.0 Å². The van der Waals surface area contributed by atoms with Crippen LogP contribution in [0.2, 0.25) is 0 Å². The molecule has 0 aliphatic heterocycles. The van der Waals surface area contributed by atoms with E-state index in [4.69, 9.17) is 5.11 Å². The molecule has 104 valence electrons. The Morgan fingerprint density at radius 3 is 2.63 bits per heavy atom. The molecule has 0 bridgehead atoms. The lowest BCUT2D eigenvalue weighted by Crippen LogP contribution is -2.34. The lowest BCUT2D eigenvalue weighted by molar-refractivity contribution is -0.138. The van der Waals surface area contributed by atoms with Gasteiger partial charge < -0.3 is 14.6 Å². The predicted octanol–water partition coefficient (Wildman–Crippen LogP) is 0.562. The Morgan fingerprint density at radius 1 is 1.32 bits per heavy atom. The quantitative estimate of drug-likeness (QED) is 0.782. The number of nitrogens with zero attached hydrogens (tertiary/aromatic N) is 2. The van der Waals surface area contributed by atoms with Crippen LogP contribution in [0.15, 0.2) is 29.2 Å². The third kappa shape index (κ3) is 4.95. The second kappa shape index (κ2) is 7.35. The molecule has 1 heterocycles. The van der Waals surface area contributed by atoms with E-state index in [0.717, 1.165) is 0 Å². The van der Waals surface area contributed by atoms with E-state index in [1.807, 2.05) is 0 Å². The minimum Gasteiger partial charge on any atom is -0.481 e. The van der Waals surface area contributed by atoms with Crippen molar-refractivity contribution in [1.82, 2.24) is 9.47 Å². The average Bonchev–Trinajstić information content (AvgIpc) is 2.38. The maximum absolute atomic E-state index is 11.9. The highest BCUT2D eigenvalue weighted by atomic mass is 16.4. The summed E-state index contributed by atoms with van der Waals surface area (Å²) >= 11 is 0. The number of carbonyl (C=O) groups excluding carboxylic acids is 1. The minimum absolute atomic E-state index is 0.0646. The van der Waals surface area contributed by atoms with Crippen LogP contribution >= 0.6 is 0 Å². The van der Waals surface area contributed by atoms with Crippen LogP contribution in [0.25, 0.3) is 0 Å². The van der Waals surface area contributed by atoms with Crippen molar-refractivity contribution in [2.24, 2.45) is 0 Å². The van der Waals surface area contributed by atoms with Gasteiger partial charge in [-0.3, -0.25) is 14.4 Å². The van der Waals surface area contributed by atoms with Crippen molar-refractivity contribution in [3.8, 4) is 0 Å². The van der Waals surface area contributed by atoms with Crippen LogP contribution in [0.4, 0.5) is 0 Å². The molecule has 1 amide bonds. The molecule has 0 atom stereocenters. The van der Waals surface area contributed by atoms with Gasteiger partial charge in [0.15, 0.2) is 0 Å². The fraction of sp³-hybridized carbons (Fsp3) is 0.462. The highest BCUT2D eigenvalue weighted by molar-refractivity contribution is 5.76. The molecule has 0 saturated heterocycles. The van der Waals surface area contributed by atoms with Gasteiger partial charge in [0.05, 0.1) is 6.42 Å². The molecule has 0 saturated carbocycles. The van der Waals surface area contributed by atoms with Gasteiger partial charge in [0.1, 0.15) is 0 Å². The summed E-state index contributed by atoms with van der Waals surface area (Å²) in [5.41, 5.74) is -0.149. The molecule has 0 aliphatic rings. The predicted molar refractivity (Wildman–Crippen MR) is 69.8 cm³/mol. The van der Waals surface area contributed by atoms with Gasteiger partial charge in [0, 0.05) is 38.3 Å². The summed E-state index contributed by atoms with van der Waals surface area (Å²) < 4.78 is 1.46. The topological polar surface area (TPSA) is 79.6 Å². The second-order valence-corrected chi connectivity index (χ2v) is 4.10. The molecule has 1 aromatic heterocycles. The standard InChI is InChI=1S/C13H18N2O4/c1-2-14(10-7-13(18)19)12(17)6-9-15-8-4-3-5-11(15)16/h3-5,8H,2,6-7,9-10H2,1H3,(H,18,19). The van der Waals surface area contributed by atoms with Gasteiger partial charge in [-0.1, -0.05) is 6.07 Å². The fourth-order valence-corrected chi connectivity index (χ4v) is 1.71. The highest BCUT2D eigenvalue weighted by Gasteiger charge is 2.12. The smallest absolute Gasteiger partial charge is 0.305 e. The molecule has 0 unspecified atom stereocenters. The van der Waals surface area contributed by atoms with E-state index >= 15 is 0 Å². The van der Waals surface area contributed by atoms with E-state index < -0.39 is 5.97 Å². The summed E-state index contributed by atoms with van der Waals surface area (Å²) in [5, 5.41) is 8.60. The molecule has 0 spiro atoms. The first-order chi connectivity index (χ1) is 9.04. The lowest BCUT2D eigenvalue weighted by atomic mass is 10.3. The zero-order valence-corrected chi connectivity index (χ0v) is 10.9. The Balaban J connectivity index is 2.51. The van der Waals surface area contributed by atoms with Crippen molar-refractivity contribution < 1.29 is 14.7 Å². The normalized spacial score (nSPS) is 10.2. The SMILES string of the molecule is CCN(CCC(=O)O)C(=O)CCn1ccccc1=O. The Kier molecular flexibility index (Phi) is 5.78. The van der Waals surface area contributed by atoms with Gasteiger partial charge in [0.2, 0.25) is 5.91 Å². The molecule has 0 radical (unpaired) electrons. The van der Waals surface area contributed by atoms with Crippen molar-refractivity contribution in [3.05, 3.63) is 34.7 Å². The minimum atomic E-state index is -0.925. The third-order valence-corrected chi connectivity index (χ3v) is 2.80. The first kappa shape index (κ1) is 14.9. The maximum atomic E-state index is 11.9. The number of amides is 1. The third-order valence-electron chi connectivity index (χ3n) is 2.80. The number of aromatic nitrogens is 1. The highest BCUT2D eigenvalue weighted by Crippen LogP contribution is 1.98. The van der Waals surface area contributed by atoms with Crippen LogP contribution in [0.5, 0.6) is 0 Å². The first-order valence-electron chi connectivity index (χ1n) is 6.19. The zero-order chi connectivity index (χ0) is 14.3. The summed E-state index contributed by atoms with van der Waals surface area (Å²) in [5.74, 6) is -1.06. The number of rotatable bonds is 7. The zero-order valence-electron chi connectivity index (χ0n) is 10.9. The van der Waals surface area contributed by atoms with E-state index in [-0.39, 0.29) is 30.9 Å². The molecular weight excluding hydrogens is 248 g/mol. The second-order valence-electron chi connectivity index (χ2n) is 4.10. The number of aliphatic carboxylic acids is 1. The summed E-state index contributed by atoms with van der Waals surface area (Å²) in [7, 11) is 0. The van der Waals surface area contributed by atoms with Crippen LogP contribution in [0.3, 0.4) is 0 Å². The molecule has 0 fully saturated rings. The number of carboxylic acids is 1. The van der Waals surface area contributed by atoms with Crippen molar-refractivity contribution in [2.75, 3.05) is 13.1 Å². The molecule has 6 nitrogen and oxygen atoms in total. The summed E-state index contributed by atoms with van der Waals surface area (Å²) in [6, 6.07) is 4.81. The van der Waals surface area contributed by atoms with E-state index in [0.29, 0.717) is 13.1 Å². The van der Waals surface area contributed by atoms with Crippen molar-refractivity contribution in [3.63, 3.8) is 0 Å². The van der Waals surface area contributed by atoms with Gasteiger partial charge in [0.25, 0.3) is 5.56 Å². The molecule has 19 heavy (non-hydrogen) atoms. The summed E-state index contributed by atoms with van der Waals surface area (Å²) in [6.45, 7) is 2.78. The Bertz CT molecular complexity index is 495. The number of aryl methyl sites for hydroxylation is 1. The van der Waals surface area contributed by atoms with Crippen LogP contribution in [-0.4, -0.2) is 39.5 Å². The van der Waals surface area contributed by atoms with E-state index in [1.165, 1.54) is 15.5 Å². The van der Waals surface area contributed by atoms with Gasteiger partial charge >= 0.3 is 5.97 Å². The van der Waals surface area contributed by atoms with E-state index in [1.54, 1.807) is 25.3 Å². The maximum Gasteiger partial charge on any atom is 0.305 e. The Hall–Kier alpha value is -2.11. The average molecular weight is 266 g/mol. The fourth-order valence-electron chi connectivity index (χ4n) is 1.71. The van der Waals surface area contributed by atoms with Crippen LogP contribution < -0.4 is 5.56 Å². The van der Waals surface area contributed by atoms with Crippen LogP contribution in [-0.2, 0) is 16.1 Å². The molecule has 1 aromatic rings. The number of carbonyl (C=O) groups is 2. The Labute approximate surface area is 111 Å². The van der Waals surface area contributed by atoms with Gasteiger partial charge in [-0.2, -0.15) is 0 Å². The first-order valence-corrected chi connectivity index (χ1v) is 6.19. The lowest BCUT2D eigenvalue weighted by Gasteiger charge is -2.20. The molecule has 6 heteroatoms. The monoisotopic (exact) mass is 266 g/mol. The summed E-state index contributed by atoms with van der Waals surface area (Å²) in [6.07, 6.45) is 1.76. The number of hydrogen-bond acceptors (Lipinski definition) is 3. The molecule has 0 aliphatic carbocycles. The van der Waals surface area contributed by atoms with Crippen LogP contribution in [0, 0.1) is 0 Å². The van der Waals surface area contributed by atoms with Crippen molar-refractivity contribution in [1.29, 1.82) is 0 Å². The van der Waals surface area contributed by atoms with Crippen molar-refractivity contribution >= 4 is 11.9 Å². The number of hydrogen-bond donors (Lipinski definition) is 1. The number of pyridine rings is 1. The Morgan fingerprint density at radius 2 is 2.05 bits per heavy atom. The molecule has 1 rings (SSSR count). The van der Waals surface area contributed by atoms with Gasteiger partial charge in [-0.25, -0.2) is 0 Å². The molecule has 0 aromatic carbocycles.